The third kappa shape index (κ3) is 2.90. The summed E-state index contributed by atoms with van der Waals surface area (Å²) >= 11 is 0. The van der Waals surface area contributed by atoms with E-state index in [2.05, 4.69) is 9.98 Å². The van der Waals surface area contributed by atoms with E-state index in [0.717, 1.165) is 23.6 Å². The van der Waals surface area contributed by atoms with Gasteiger partial charge in [0.2, 0.25) is 0 Å². The Morgan fingerprint density at radius 1 is 1.12 bits per heavy atom. The van der Waals surface area contributed by atoms with E-state index in [1.54, 1.807) is 30.5 Å². The average molecular weight is 348 g/mol. The Morgan fingerprint density at radius 3 is 2.65 bits per heavy atom. The topological polar surface area (TPSA) is 94.4 Å². The molecule has 0 aliphatic heterocycles. The monoisotopic (exact) mass is 348 g/mol. The second kappa shape index (κ2) is 6.22. The minimum Gasteiger partial charge on any atom is -0.370 e. The van der Waals surface area contributed by atoms with Crippen LogP contribution in [0.2, 0.25) is 0 Å². The molecule has 1 aromatic heterocycles. The number of halogens is 1. The molecule has 0 bridgehead atoms. The van der Waals surface area contributed by atoms with Crippen LogP contribution in [0.1, 0.15) is 34.8 Å². The van der Waals surface area contributed by atoms with Crippen LogP contribution in [0.5, 0.6) is 0 Å². The number of pyridine rings is 1. The first-order valence-corrected chi connectivity index (χ1v) is 8.36. The first-order chi connectivity index (χ1) is 12.5. The van der Waals surface area contributed by atoms with Crippen molar-refractivity contribution in [1.29, 1.82) is 0 Å². The lowest BCUT2D eigenvalue weighted by Crippen LogP contribution is -2.24. The summed E-state index contributed by atoms with van der Waals surface area (Å²) in [6.45, 7) is 0. The number of nitrogens with two attached hydrogens (primary N) is 2. The average Bonchev–Trinajstić information content (AvgIpc) is 3.45. The van der Waals surface area contributed by atoms with E-state index in [4.69, 9.17) is 11.5 Å². The van der Waals surface area contributed by atoms with Gasteiger partial charge >= 0.3 is 0 Å². The molecule has 4 rings (SSSR count). The summed E-state index contributed by atoms with van der Waals surface area (Å²) in [7, 11) is 0. The summed E-state index contributed by atoms with van der Waals surface area (Å²) in [5, 5.41) is 1.66. The number of hydrogen-bond acceptors (Lipinski definition) is 2. The highest BCUT2D eigenvalue weighted by atomic mass is 19.1. The number of fused-ring (bicyclic) bond motifs is 1. The smallest absolute Gasteiger partial charge is 0.280 e. The van der Waals surface area contributed by atoms with Crippen LogP contribution in [0.4, 0.5) is 4.39 Å². The zero-order chi connectivity index (χ0) is 18.3. The lowest BCUT2D eigenvalue weighted by Gasteiger charge is -2.11. The fraction of sp³-hybridized carbons (Fsp3) is 0.150. The summed E-state index contributed by atoms with van der Waals surface area (Å²) in [4.78, 5) is 19.9. The second-order valence-corrected chi connectivity index (χ2v) is 6.42. The predicted octanol–water partition coefficient (Wildman–Crippen LogP) is 3.33. The normalized spacial score (nSPS) is 13.6. The van der Waals surface area contributed by atoms with Gasteiger partial charge in [-0.05, 0) is 47.4 Å². The highest BCUT2D eigenvalue weighted by Crippen LogP contribution is 2.42. The molecule has 130 valence electrons. The molecule has 4 N–H and O–H groups in total. The van der Waals surface area contributed by atoms with Gasteiger partial charge in [-0.15, -0.1) is 0 Å². The molecular formula is C20H17FN4O. The molecule has 1 fully saturated rings. The number of amides is 1. The van der Waals surface area contributed by atoms with Crippen molar-refractivity contribution in [3.8, 4) is 11.1 Å². The highest BCUT2D eigenvalue weighted by Gasteiger charge is 2.29. The zero-order valence-corrected chi connectivity index (χ0v) is 13.9. The number of carbonyl (C=O) groups is 1. The summed E-state index contributed by atoms with van der Waals surface area (Å²) in [5.41, 5.74) is 12.6. The van der Waals surface area contributed by atoms with Crippen molar-refractivity contribution >= 4 is 22.6 Å². The SMILES string of the molecule is NC(N)=NC(=O)c1ccc2cccc(-c3ccnc(C4CC4)c3F)c2c1. The third-order valence-corrected chi connectivity index (χ3v) is 4.53. The first-order valence-electron chi connectivity index (χ1n) is 8.36. The number of aliphatic imine (C=N–C) groups is 1. The Labute approximate surface area is 149 Å². The Bertz CT molecular complexity index is 1050. The van der Waals surface area contributed by atoms with Gasteiger partial charge in [-0.1, -0.05) is 24.3 Å². The molecule has 26 heavy (non-hydrogen) atoms. The molecule has 0 saturated heterocycles. The largest absolute Gasteiger partial charge is 0.370 e. The number of carbonyl (C=O) groups excluding carboxylic acids is 1. The number of rotatable bonds is 3. The molecule has 1 saturated carbocycles. The molecule has 1 amide bonds. The number of benzene rings is 2. The minimum absolute atomic E-state index is 0.212. The van der Waals surface area contributed by atoms with Crippen LogP contribution in [0, 0.1) is 5.82 Å². The van der Waals surface area contributed by atoms with E-state index < -0.39 is 5.91 Å². The van der Waals surface area contributed by atoms with Gasteiger partial charge in [0, 0.05) is 23.2 Å². The molecule has 0 unspecified atom stereocenters. The molecule has 0 spiro atoms. The third-order valence-electron chi connectivity index (χ3n) is 4.53. The van der Waals surface area contributed by atoms with Crippen LogP contribution in [-0.2, 0) is 0 Å². The fourth-order valence-corrected chi connectivity index (χ4v) is 3.13. The van der Waals surface area contributed by atoms with E-state index in [9.17, 15) is 4.79 Å². The molecule has 1 aliphatic carbocycles. The predicted molar refractivity (Wildman–Crippen MR) is 99.3 cm³/mol. The van der Waals surface area contributed by atoms with Crippen LogP contribution in [0.15, 0.2) is 53.7 Å². The van der Waals surface area contributed by atoms with Crippen LogP contribution >= 0.6 is 0 Å². The van der Waals surface area contributed by atoms with Crippen molar-refractivity contribution < 1.29 is 9.18 Å². The van der Waals surface area contributed by atoms with E-state index in [0.29, 0.717) is 22.4 Å². The Kier molecular flexibility index (Phi) is 3.88. The van der Waals surface area contributed by atoms with E-state index in [-0.39, 0.29) is 17.7 Å². The van der Waals surface area contributed by atoms with E-state index in [1.165, 1.54) is 0 Å². The zero-order valence-electron chi connectivity index (χ0n) is 13.9. The lowest BCUT2D eigenvalue weighted by atomic mass is 9.96. The van der Waals surface area contributed by atoms with Crippen LogP contribution in [0.25, 0.3) is 21.9 Å². The van der Waals surface area contributed by atoms with Gasteiger partial charge in [0.25, 0.3) is 5.91 Å². The Hall–Kier alpha value is -3.28. The van der Waals surface area contributed by atoms with Crippen LogP contribution < -0.4 is 11.5 Å². The maximum atomic E-state index is 15.0. The maximum absolute atomic E-state index is 15.0. The molecule has 0 atom stereocenters. The van der Waals surface area contributed by atoms with Crippen molar-refractivity contribution in [2.75, 3.05) is 0 Å². The molecule has 1 aliphatic rings. The van der Waals surface area contributed by atoms with Gasteiger partial charge in [0.15, 0.2) is 11.8 Å². The van der Waals surface area contributed by atoms with Gasteiger partial charge in [0.05, 0.1) is 5.69 Å². The highest BCUT2D eigenvalue weighted by molar-refractivity contribution is 6.06. The van der Waals surface area contributed by atoms with Crippen molar-refractivity contribution in [2.24, 2.45) is 16.5 Å². The van der Waals surface area contributed by atoms with Gasteiger partial charge in [-0.3, -0.25) is 9.78 Å². The molecule has 1 heterocycles. The van der Waals surface area contributed by atoms with Crippen molar-refractivity contribution in [1.82, 2.24) is 4.98 Å². The maximum Gasteiger partial charge on any atom is 0.280 e. The molecule has 6 heteroatoms. The van der Waals surface area contributed by atoms with Gasteiger partial charge in [0.1, 0.15) is 0 Å². The van der Waals surface area contributed by atoms with E-state index >= 15 is 4.39 Å². The lowest BCUT2D eigenvalue weighted by molar-refractivity contribution is 0.100. The first kappa shape index (κ1) is 16.2. The summed E-state index contributed by atoms with van der Waals surface area (Å²) in [6.07, 6.45) is 3.58. The van der Waals surface area contributed by atoms with Gasteiger partial charge in [-0.25, -0.2) is 4.39 Å². The van der Waals surface area contributed by atoms with Crippen LogP contribution in [0.3, 0.4) is 0 Å². The number of guanidine groups is 1. The summed E-state index contributed by atoms with van der Waals surface area (Å²) in [5.74, 6) is -0.902. The number of hydrogen-bond donors (Lipinski definition) is 2. The van der Waals surface area contributed by atoms with Gasteiger partial charge < -0.3 is 11.5 Å². The Morgan fingerprint density at radius 2 is 1.92 bits per heavy atom. The van der Waals surface area contributed by atoms with Crippen molar-refractivity contribution in [2.45, 2.75) is 18.8 Å². The summed E-state index contributed by atoms with van der Waals surface area (Å²) < 4.78 is 15.0. The molecule has 2 aromatic carbocycles. The number of nitrogens with zero attached hydrogens (tertiary/aromatic N) is 2. The summed E-state index contributed by atoms with van der Waals surface area (Å²) in [6, 6.07) is 12.4. The van der Waals surface area contributed by atoms with E-state index in [1.807, 2.05) is 18.2 Å². The molecule has 5 nitrogen and oxygen atoms in total. The standard InChI is InChI=1S/C20H17FN4O/c21-17-15(8-9-24-18(17)12-5-6-12)14-3-1-2-11-4-7-13(10-16(11)14)19(26)25-20(22)23/h1-4,7-10,12H,5-6H2,(H4,22,23,25,26). The number of aromatic nitrogens is 1. The minimum atomic E-state index is -0.532. The molecular weight excluding hydrogens is 331 g/mol. The van der Waals surface area contributed by atoms with Gasteiger partial charge in [-0.2, -0.15) is 4.99 Å². The molecule has 0 radical (unpaired) electrons. The van der Waals surface area contributed by atoms with Crippen molar-refractivity contribution in [3.63, 3.8) is 0 Å². The fourth-order valence-electron chi connectivity index (χ4n) is 3.13. The second-order valence-electron chi connectivity index (χ2n) is 6.42. The van der Waals surface area contributed by atoms with Crippen LogP contribution in [-0.4, -0.2) is 16.9 Å². The molecule has 3 aromatic rings. The Balaban J connectivity index is 1.89. The quantitative estimate of drug-likeness (QED) is 0.561. The van der Waals surface area contributed by atoms with Crippen molar-refractivity contribution in [3.05, 3.63) is 65.7 Å².